The van der Waals surface area contributed by atoms with E-state index in [1.165, 1.54) is 35.2 Å². The van der Waals surface area contributed by atoms with Crippen LogP contribution >= 0.6 is 0 Å². The summed E-state index contributed by atoms with van der Waals surface area (Å²) in [7, 11) is 0. The molecule has 0 radical (unpaired) electrons. The molecule has 0 fully saturated rings. The van der Waals surface area contributed by atoms with Crippen LogP contribution in [0.4, 0.5) is 0 Å². The smallest absolute Gasteiger partial charge is 0.0115 e. The first-order valence-corrected chi connectivity index (χ1v) is 11.0. The molecule has 0 atom stereocenters. The Morgan fingerprint density at radius 1 is 1.00 bits per heavy atom. The minimum absolute atomic E-state index is 0.693. The second-order valence-electron chi connectivity index (χ2n) is 7.17. The molecule has 0 amide bonds. The average Bonchev–Trinajstić information content (AvgIpc) is 2.71. The highest BCUT2D eigenvalue weighted by atomic mass is 14.9. The molecule has 1 N–H and O–H groups in total. The largest absolute Gasteiger partial charge is 0.389 e. The third-order valence-electron chi connectivity index (χ3n) is 4.49. The van der Waals surface area contributed by atoms with Crippen molar-refractivity contribution in [3.8, 4) is 0 Å². The van der Waals surface area contributed by atoms with E-state index >= 15 is 0 Å². The fraction of sp³-hybridized carbons (Fsp3) is 0.481. The first-order chi connectivity index (χ1) is 13.5. The van der Waals surface area contributed by atoms with Gasteiger partial charge in [-0.25, -0.2) is 0 Å². The summed E-state index contributed by atoms with van der Waals surface area (Å²) in [5.74, 6) is 0.693. The van der Waals surface area contributed by atoms with Crippen molar-refractivity contribution in [1.29, 1.82) is 0 Å². The van der Waals surface area contributed by atoms with Gasteiger partial charge in [0.05, 0.1) is 0 Å². The molecule has 0 aromatic heterocycles. The van der Waals surface area contributed by atoms with Gasteiger partial charge in [0.2, 0.25) is 0 Å². The molecule has 1 aromatic rings. The van der Waals surface area contributed by atoms with Gasteiger partial charge in [0.1, 0.15) is 0 Å². The highest BCUT2D eigenvalue weighted by Crippen LogP contribution is 2.29. The van der Waals surface area contributed by atoms with Crippen molar-refractivity contribution in [2.45, 2.75) is 74.7 Å². The van der Waals surface area contributed by atoms with Gasteiger partial charge in [0.25, 0.3) is 0 Å². The Morgan fingerprint density at radius 3 is 2.11 bits per heavy atom. The third-order valence-corrected chi connectivity index (χ3v) is 4.49. The van der Waals surface area contributed by atoms with Crippen molar-refractivity contribution < 1.29 is 0 Å². The Bertz CT molecular complexity index is 642. The van der Waals surface area contributed by atoms with E-state index in [0.29, 0.717) is 5.92 Å². The minimum Gasteiger partial charge on any atom is -0.389 e. The molecule has 1 aromatic carbocycles. The van der Waals surface area contributed by atoms with Gasteiger partial charge in [-0.15, -0.1) is 0 Å². The summed E-state index contributed by atoms with van der Waals surface area (Å²) < 4.78 is 0. The van der Waals surface area contributed by atoms with Crippen molar-refractivity contribution >= 4 is 5.57 Å². The van der Waals surface area contributed by atoms with Crippen molar-refractivity contribution in [2.24, 2.45) is 5.92 Å². The number of rotatable bonds is 6. The van der Waals surface area contributed by atoms with Crippen LogP contribution in [-0.2, 0) is 0 Å². The number of nitrogens with one attached hydrogen (secondary N) is 1. The molecule has 0 saturated heterocycles. The molecule has 1 nitrogen and oxygen atoms in total. The van der Waals surface area contributed by atoms with Gasteiger partial charge < -0.3 is 5.32 Å². The van der Waals surface area contributed by atoms with Gasteiger partial charge in [-0.05, 0) is 63.2 Å². The van der Waals surface area contributed by atoms with Gasteiger partial charge in [-0.2, -0.15) is 0 Å². The summed E-state index contributed by atoms with van der Waals surface area (Å²) in [6.07, 6.45) is 12.5. The standard InChI is InChI=1S/C15H18.C10H19N.C2H6/c1-12(2)13-8-10-15(11-9-13)14-6-4-3-5-7-14;1-5-7-9(3)8-10(4)11-6-2;1-2/h3-8,10,12H,9,11H2,1-2H3;7-8,11H,5-6H2,1-4H3;1-2H3/b;9-7-,10-8-;. The molecule has 0 bridgehead atoms. The Balaban J connectivity index is 0.000000502. The molecule has 0 saturated carbocycles. The van der Waals surface area contributed by atoms with E-state index in [1.54, 1.807) is 5.57 Å². The molecular weight excluding hydrogens is 338 g/mol. The van der Waals surface area contributed by atoms with Crippen LogP contribution in [0.3, 0.4) is 0 Å². The zero-order valence-electron chi connectivity index (χ0n) is 19.6. The molecule has 0 heterocycles. The summed E-state index contributed by atoms with van der Waals surface area (Å²) in [5.41, 5.74) is 7.01. The zero-order valence-corrected chi connectivity index (χ0v) is 19.6. The summed E-state index contributed by atoms with van der Waals surface area (Å²) in [5, 5.41) is 3.26. The van der Waals surface area contributed by atoms with E-state index in [4.69, 9.17) is 0 Å². The van der Waals surface area contributed by atoms with Crippen LogP contribution < -0.4 is 5.32 Å². The lowest BCUT2D eigenvalue weighted by molar-refractivity contribution is 0.713. The second kappa shape index (κ2) is 16.0. The molecule has 156 valence electrons. The summed E-state index contributed by atoms with van der Waals surface area (Å²) in [6, 6.07) is 10.7. The van der Waals surface area contributed by atoms with Crippen LogP contribution in [0.1, 0.15) is 80.2 Å². The topological polar surface area (TPSA) is 12.0 Å². The maximum atomic E-state index is 3.26. The summed E-state index contributed by atoms with van der Waals surface area (Å²) in [4.78, 5) is 0. The zero-order chi connectivity index (χ0) is 21.4. The first kappa shape index (κ1) is 26.0. The molecule has 1 aliphatic carbocycles. The fourth-order valence-electron chi connectivity index (χ4n) is 3.08. The predicted octanol–water partition coefficient (Wildman–Crippen LogP) is 8.33. The molecule has 28 heavy (non-hydrogen) atoms. The maximum Gasteiger partial charge on any atom is 0.0115 e. The van der Waals surface area contributed by atoms with E-state index in [9.17, 15) is 0 Å². The average molecular weight is 382 g/mol. The lowest BCUT2D eigenvalue weighted by Crippen LogP contribution is -2.08. The van der Waals surface area contributed by atoms with Crippen LogP contribution in [0, 0.1) is 5.92 Å². The van der Waals surface area contributed by atoms with E-state index < -0.39 is 0 Å². The van der Waals surface area contributed by atoms with E-state index in [-0.39, 0.29) is 0 Å². The summed E-state index contributed by atoms with van der Waals surface area (Å²) in [6.45, 7) is 18.0. The first-order valence-electron chi connectivity index (χ1n) is 11.0. The Morgan fingerprint density at radius 2 is 1.64 bits per heavy atom. The Labute approximate surface area is 175 Å². The molecule has 0 aliphatic heterocycles. The minimum atomic E-state index is 0.693. The highest BCUT2D eigenvalue weighted by Gasteiger charge is 2.09. The molecule has 0 unspecified atom stereocenters. The van der Waals surface area contributed by atoms with Crippen LogP contribution in [0.5, 0.6) is 0 Å². The predicted molar refractivity (Wildman–Crippen MR) is 129 cm³/mol. The molecule has 2 rings (SSSR count). The normalized spacial score (nSPS) is 14.2. The lowest BCUT2D eigenvalue weighted by atomic mass is 9.88. The Hall–Kier alpha value is -2.02. The van der Waals surface area contributed by atoms with E-state index in [1.807, 2.05) is 13.8 Å². The van der Waals surface area contributed by atoms with Gasteiger partial charge in [0, 0.05) is 12.2 Å². The second-order valence-corrected chi connectivity index (χ2v) is 7.17. The monoisotopic (exact) mass is 381 g/mol. The molecule has 1 aliphatic rings. The van der Waals surface area contributed by atoms with Crippen LogP contribution in [0.15, 0.2) is 71.5 Å². The van der Waals surface area contributed by atoms with E-state index in [2.05, 4.69) is 101 Å². The lowest BCUT2D eigenvalue weighted by Gasteiger charge is -2.17. The van der Waals surface area contributed by atoms with Gasteiger partial charge in [-0.3, -0.25) is 0 Å². The molecular formula is C27H43N. The van der Waals surface area contributed by atoms with Crippen molar-refractivity contribution in [2.75, 3.05) is 6.54 Å². The fourth-order valence-corrected chi connectivity index (χ4v) is 3.08. The van der Waals surface area contributed by atoms with Crippen molar-refractivity contribution in [3.63, 3.8) is 0 Å². The van der Waals surface area contributed by atoms with Gasteiger partial charge in [-0.1, -0.05) is 94.3 Å². The van der Waals surface area contributed by atoms with Crippen LogP contribution in [0.25, 0.3) is 5.57 Å². The summed E-state index contributed by atoms with van der Waals surface area (Å²) >= 11 is 0. The number of hydrogen-bond donors (Lipinski definition) is 1. The van der Waals surface area contributed by atoms with Gasteiger partial charge in [0.15, 0.2) is 0 Å². The van der Waals surface area contributed by atoms with E-state index in [0.717, 1.165) is 13.0 Å². The molecule has 0 spiro atoms. The molecule has 1 heteroatoms. The Kier molecular flexibility index (Phi) is 14.8. The third kappa shape index (κ3) is 11.0. The SMILES string of the molecule is CC.CC(C)C1=CC=C(c2ccccc2)CC1.CC/C=C(C)\C=C(\C)NCC. The number of benzene rings is 1. The van der Waals surface area contributed by atoms with Crippen molar-refractivity contribution in [1.82, 2.24) is 5.32 Å². The number of allylic oxidation sites excluding steroid dienone is 8. The van der Waals surface area contributed by atoms with Crippen LogP contribution in [-0.4, -0.2) is 6.54 Å². The highest BCUT2D eigenvalue weighted by molar-refractivity contribution is 5.68. The quantitative estimate of drug-likeness (QED) is 0.488. The van der Waals surface area contributed by atoms with Crippen molar-refractivity contribution in [3.05, 3.63) is 77.0 Å². The number of hydrogen-bond acceptors (Lipinski definition) is 1. The van der Waals surface area contributed by atoms with Crippen LogP contribution in [0.2, 0.25) is 0 Å². The maximum absolute atomic E-state index is 3.26. The van der Waals surface area contributed by atoms with Gasteiger partial charge >= 0.3 is 0 Å².